The van der Waals surface area contributed by atoms with Crippen LogP contribution >= 0.6 is 124 Å². The van der Waals surface area contributed by atoms with Crippen molar-refractivity contribution in [2.75, 3.05) is 76.7 Å². The summed E-state index contributed by atoms with van der Waals surface area (Å²) in [5, 5.41) is 0. The average Bonchev–Trinajstić information content (AvgIpc) is 3.42. The molecule has 0 spiro atoms. The highest BCUT2D eigenvalue weighted by Gasteiger charge is 2.41. The minimum Gasteiger partial charge on any atom is -0.374 e. The van der Waals surface area contributed by atoms with Gasteiger partial charge in [0, 0.05) is 99.8 Å². The summed E-state index contributed by atoms with van der Waals surface area (Å²) in [4.78, 5) is 1.31. The molecule has 0 N–H and O–H groups in total. The van der Waals surface area contributed by atoms with Gasteiger partial charge in [-0.05, 0) is 235 Å². The van der Waals surface area contributed by atoms with Crippen molar-refractivity contribution in [3.05, 3.63) is 32.4 Å². The maximum absolute atomic E-state index is 6.14. The average molecular weight is 1410 g/mol. The molecule has 3 unspecified atom stereocenters. The zero-order valence-corrected chi connectivity index (χ0v) is 66.3. The molecule has 0 aliphatic heterocycles. The van der Waals surface area contributed by atoms with Crippen molar-refractivity contribution in [3.8, 4) is 0 Å². The lowest BCUT2D eigenvalue weighted by Crippen LogP contribution is -2.46. The van der Waals surface area contributed by atoms with Crippen molar-refractivity contribution in [1.82, 2.24) is 0 Å². The Kier molecular flexibility index (Phi) is 60.2. The highest BCUT2D eigenvalue weighted by atomic mass is 33.7. The van der Waals surface area contributed by atoms with Gasteiger partial charge < -0.3 is 39.8 Å². The van der Waals surface area contributed by atoms with E-state index in [1.54, 1.807) is 0 Å². The zero-order chi connectivity index (χ0) is 60.3. The number of hydrogen-bond donors (Lipinski definition) is 0. The van der Waals surface area contributed by atoms with Gasteiger partial charge in [0.1, 0.15) is 0 Å². The van der Waals surface area contributed by atoms with Crippen molar-refractivity contribution >= 4 is 150 Å². The van der Waals surface area contributed by atoms with Crippen LogP contribution in [0.25, 0.3) is 0 Å². The van der Waals surface area contributed by atoms with Crippen LogP contribution in [0.1, 0.15) is 214 Å². The molecule has 0 saturated carbocycles. The molecule has 482 valence electrons. The van der Waals surface area contributed by atoms with E-state index in [0.717, 1.165) is 84.7 Å². The Morgan fingerprint density at radius 3 is 1.00 bits per heavy atom. The predicted molar refractivity (Wildman–Crippen MR) is 393 cm³/mol. The minimum absolute atomic E-state index is 0.609. The highest BCUT2D eigenvalue weighted by molar-refractivity contribution is 9.30. The van der Waals surface area contributed by atoms with Crippen molar-refractivity contribution in [2.24, 2.45) is 23.7 Å². The fourth-order valence-electron chi connectivity index (χ4n) is 8.94. The standard InChI is InChI=1S/C57H116O9S12Si3/c1-17-58-79(59-18-2,60-19-3)47-31-44-67-73-76-70-56(43-42-54(15)41-30-39-52(13)36-27-26-35-51(12)38-29-40-53(14)37-28-34-50(10)11)55(16)57(71-77-74-68-45-32-48-80(61-20-4,62-21-5)63-22-6)72-78-75-69-46-33-49-81(64-23-7,65-24-8)66-25-9/h42-43,50-53H,17-41,44-49H2,1-16H3. The van der Waals surface area contributed by atoms with Gasteiger partial charge in [0.05, 0.1) is 4.24 Å². The minimum atomic E-state index is -2.65. The Morgan fingerprint density at radius 1 is 0.358 bits per heavy atom. The number of hydrogen-bond acceptors (Lipinski definition) is 21. The predicted octanol–water partition coefficient (Wildman–Crippen LogP) is 24.0. The van der Waals surface area contributed by atoms with Gasteiger partial charge in [-0.3, -0.25) is 0 Å². The second kappa shape index (κ2) is 57.6. The third kappa shape index (κ3) is 45.6. The van der Waals surface area contributed by atoms with Gasteiger partial charge in [-0.1, -0.05) is 149 Å². The SMILES string of the molecule is CCO[Si](CCCSSSSC(=CC=C(C)CCCC(C)CCCCC(C)CCCC(C)CCCC(C)C)C(C)=C(SSSSCCC[Si](OCC)(OCC)OCC)SSSSCCC[Si](OCC)(OCC)OCC)(OCC)OCC. The van der Waals surface area contributed by atoms with Gasteiger partial charge >= 0.3 is 26.4 Å². The molecule has 0 aliphatic rings. The van der Waals surface area contributed by atoms with E-state index in [9.17, 15) is 0 Å². The molecule has 0 aliphatic carbocycles. The Balaban J connectivity index is 6.13. The molecule has 9 nitrogen and oxygen atoms in total. The third-order valence-corrected chi connectivity index (χ3v) is 42.6. The number of rotatable bonds is 61. The summed E-state index contributed by atoms with van der Waals surface area (Å²) in [5.41, 5.74) is 2.78. The highest BCUT2D eigenvalue weighted by Crippen LogP contribution is 2.58. The smallest absolute Gasteiger partial charge is 0.374 e. The first kappa shape index (κ1) is 84.7. The third-order valence-electron chi connectivity index (χ3n) is 13.0. The normalized spacial score (nSPS) is 14.1. The summed E-state index contributed by atoms with van der Waals surface area (Å²) in [7, 11) is 14.6. The van der Waals surface area contributed by atoms with Crippen molar-refractivity contribution in [3.63, 3.8) is 0 Å². The Hall–Kier alpha value is 3.71. The van der Waals surface area contributed by atoms with Crippen LogP contribution in [0.3, 0.4) is 0 Å². The fourth-order valence-corrected chi connectivity index (χ4v) is 37.5. The second-order valence-electron chi connectivity index (χ2n) is 20.6. The summed E-state index contributed by atoms with van der Waals surface area (Å²) >= 11 is 0. The summed E-state index contributed by atoms with van der Waals surface area (Å²) in [5.74, 6) is 6.38. The Labute approximate surface area is 548 Å². The molecule has 0 rings (SSSR count). The van der Waals surface area contributed by atoms with Crippen molar-refractivity contribution in [1.29, 1.82) is 0 Å². The van der Waals surface area contributed by atoms with Crippen molar-refractivity contribution < 1.29 is 39.8 Å². The van der Waals surface area contributed by atoms with E-state index >= 15 is 0 Å². The van der Waals surface area contributed by atoms with E-state index in [0.29, 0.717) is 59.5 Å². The molecule has 3 atom stereocenters. The molecule has 0 aromatic carbocycles. The first-order valence-electron chi connectivity index (χ1n) is 30.8. The van der Waals surface area contributed by atoms with Gasteiger partial charge in [0.15, 0.2) is 0 Å². The van der Waals surface area contributed by atoms with Gasteiger partial charge in [-0.25, -0.2) is 0 Å². The molecule has 0 aromatic rings. The van der Waals surface area contributed by atoms with Gasteiger partial charge in [0.2, 0.25) is 0 Å². The molecular weight excluding hydrogens is 1300 g/mol. The molecule has 0 amide bonds. The molecule has 0 fully saturated rings. The second-order valence-corrected chi connectivity index (χ2v) is 47.0. The molecule has 0 heterocycles. The van der Waals surface area contributed by atoms with Gasteiger partial charge in [-0.15, -0.1) is 0 Å². The molecule has 24 heteroatoms. The van der Waals surface area contributed by atoms with Crippen LogP contribution in [0.15, 0.2) is 32.4 Å². The van der Waals surface area contributed by atoms with Gasteiger partial charge in [-0.2, -0.15) is 0 Å². The monoisotopic (exact) mass is 1410 g/mol. The Morgan fingerprint density at radius 2 is 0.667 bits per heavy atom. The van der Waals surface area contributed by atoms with Crippen LogP contribution in [-0.2, 0) is 39.8 Å². The lowest BCUT2D eigenvalue weighted by molar-refractivity contribution is 0.0704. The zero-order valence-electron chi connectivity index (χ0n) is 53.5. The van der Waals surface area contributed by atoms with E-state index in [4.69, 9.17) is 39.8 Å². The molecule has 0 bridgehead atoms. The van der Waals surface area contributed by atoms with Crippen LogP contribution in [0, 0.1) is 23.7 Å². The van der Waals surface area contributed by atoms with Crippen molar-refractivity contribution in [2.45, 2.75) is 232 Å². The maximum Gasteiger partial charge on any atom is 0.500 e. The first-order valence-corrected chi connectivity index (χ1v) is 51.6. The van der Waals surface area contributed by atoms with Crippen LogP contribution in [0.4, 0.5) is 0 Å². The quantitative estimate of drug-likeness (QED) is 0.0250. The maximum atomic E-state index is 6.14. The van der Waals surface area contributed by atoms with Crippen LogP contribution in [0.2, 0.25) is 18.1 Å². The van der Waals surface area contributed by atoms with E-state index in [1.165, 1.54) is 97.3 Å². The number of unbranched alkanes of at least 4 members (excludes halogenated alkanes) is 1. The largest absolute Gasteiger partial charge is 0.500 e. The van der Waals surface area contributed by atoms with Crippen LogP contribution in [0.5, 0.6) is 0 Å². The lowest BCUT2D eigenvalue weighted by Gasteiger charge is -2.28. The summed E-state index contributed by atoms with van der Waals surface area (Å²) in [6, 6.07) is 2.52. The topological polar surface area (TPSA) is 83.1 Å². The van der Waals surface area contributed by atoms with E-state index < -0.39 is 26.4 Å². The molecule has 0 aromatic heterocycles. The van der Waals surface area contributed by atoms with E-state index in [2.05, 4.69) is 60.6 Å². The van der Waals surface area contributed by atoms with E-state index in [-0.39, 0.29) is 0 Å². The molecule has 81 heavy (non-hydrogen) atoms. The lowest BCUT2D eigenvalue weighted by atomic mass is 9.91. The summed E-state index contributed by atoms with van der Waals surface area (Å²) in [6.07, 6.45) is 25.3. The molecular formula is C57H116O9S12Si3. The number of allylic oxidation sites excluding steroid dienone is 4. The van der Waals surface area contributed by atoms with Gasteiger partial charge in [0.25, 0.3) is 0 Å². The first-order chi connectivity index (χ1) is 39.1. The fraction of sp³-hybridized carbons (Fsp3) is 0.895. The molecule has 0 saturated heterocycles. The van der Waals surface area contributed by atoms with Crippen LogP contribution < -0.4 is 0 Å². The summed E-state index contributed by atoms with van der Waals surface area (Å²) < 4.78 is 56.6. The summed E-state index contributed by atoms with van der Waals surface area (Å²) in [6.45, 7) is 40.5. The van der Waals surface area contributed by atoms with Crippen LogP contribution in [-0.4, -0.2) is 103 Å². The Bertz CT molecular complexity index is 1460. The van der Waals surface area contributed by atoms with E-state index in [1.807, 2.05) is 186 Å². The molecule has 0 radical (unpaired) electrons.